The maximum Gasteiger partial charge on any atom is 0.126 e. The van der Waals surface area contributed by atoms with Crippen molar-refractivity contribution in [3.63, 3.8) is 0 Å². The smallest absolute Gasteiger partial charge is 0.126 e. The average Bonchev–Trinajstić information content (AvgIpc) is 2.40. The van der Waals surface area contributed by atoms with Crippen LogP contribution < -0.4 is 15.0 Å². The Labute approximate surface area is 123 Å². The molecule has 112 valence electrons. The molecule has 1 rings (SSSR count). The Morgan fingerprint density at radius 2 is 2.10 bits per heavy atom. The zero-order valence-corrected chi connectivity index (χ0v) is 13.2. The third-order valence-electron chi connectivity index (χ3n) is 3.24. The second-order valence-corrected chi connectivity index (χ2v) is 5.63. The number of benzene rings is 1. The van der Waals surface area contributed by atoms with E-state index in [9.17, 15) is 0 Å². The molecule has 0 saturated heterocycles. The SMILES string of the molecule is C=CCc1cc(C)ccc1OCCC[NH2+]CC[NH+](C)C. The van der Waals surface area contributed by atoms with E-state index in [0.717, 1.165) is 31.7 Å². The maximum atomic E-state index is 5.90. The minimum Gasteiger partial charge on any atom is -0.493 e. The van der Waals surface area contributed by atoms with Crippen LogP contribution >= 0.6 is 0 Å². The summed E-state index contributed by atoms with van der Waals surface area (Å²) in [6, 6.07) is 6.37. The van der Waals surface area contributed by atoms with Crippen molar-refractivity contribution >= 4 is 0 Å². The summed E-state index contributed by atoms with van der Waals surface area (Å²) in [5.74, 6) is 1.01. The molecule has 0 aliphatic rings. The zero-order chi connectivity index (χ0) is 14.8. The topological polar surface area (TPSA) is 30.3 Å². The molecule has 0 aromatic heterocycles. The summed E-state index contributed by atoms with van der Waals surface area (Å²) < 4.78 is 5.90. The van der Waals surface area contributed by atoms with Crippen molar-refractivity contribution in [1.29, 1.82) is 0 Å². The summed E-state index contributed by atoms with van der Waals surface area (Å²) >= 11 is 0. The second-order valence-electron chi connectivity index (χ2n) is 5.63. The molecule has 3 N–H and O–H groups in total. The first-order valence-corrected chi connectivity index (χ1v) is 7.57. The van der Waals surface area contributed by atoms with Gasteiger partial charge in [-0.3, -0.25) is 0 Å². The Bertz CT molecular complexity index is 402. The number of quaternary nitrogens is 2. The average molecular weight is 278 g/mol. The summed E-state index contributed by atoms with van der Waals surface area (Å²) in [6.45, 7) is 10.2. The van der Waals surface area contributed by atoms with Gasteiger partial charge in [0.15, 0.2) is 0 Å². The molecule has 0 aliphatic heterocycles. The molecule has 0 atom stereocenters. The molecule has 3 heteroatoms. The van der Waals surface area contributed by atoms with E-state index in [0.29, 0.717) is 0 Å². The monoisotopic (exact) mass is 278 g/mol. The highest BCUT2D eigenvalue weighted by molar-refractivity contribution is 5.38. The van der Waals surface area contributed by atoms with Crippen molar-refractivity contribution < 1.29 is 15.0 Å². The van der Waals surface area contributed by atoms with Crippen molar-refractivity contribution in [2.45, 2.75) is 19.8 Å². The van der Waals surface area contributed by atoms with Gasteiger partial charge >= 0.3 is 0 Å². The Balaban J connectivity index is 2.26. The third kappa shape index (κ3) is 6.73. The minimum absolute atomic E-state index is 0.790. The Morgan fingerprint density at radius 3 is 2.80 bits per heavy atom. The van der Waals surface area contributed by atoms with Crippen molar-refractivity contribution in [3.8, 4) is 5.75 Å². The molecule has 20 heavy (non-hydrogen) atoms. The number of aryl methyl sites for hydroxylation is 1. The van der Waals surface area contributed by atoms with Crippen LogP contribution in [0.25, 0.3) is 0 Å². The molecule has 0 bridgehead atoms. The first kappa shape index (κ1) is 16.7. The van der Waals surface area contributed by atoms with Crippen LogP contribution in [0.2, 0.25) is 0 Å². The van der Waals surface area contributed by atoms with Gasteiger partial charge in [-0.1, -0.05) is 23.8 Å². The van der Waals surface area contributed by atoms with Gasteiger partial charge in [0.2, 0.25) is 0 Å². The van der Waals surface area contributed by atoms with Crippen LogP contribution in [0.4, 0.5) is 0 Å². The lowest BCUT2D eigenvalue weighted by atomic mass is 10.1. The highest BCUT2D eigenvalue weighted by atomic mass is 16.5. The lowest BCUT2D eigenvalue weighted by Gasteiger charge is -2.11. The van der Waals surface area contributed by atoms with Gasteiger partial charge in [-0.2, -0.15) is 0 Å². The summed E-state index contributed by atoms with van der Waals surface area (Å²) in [5.41, 5.74) is 2.51. The van der Waals surface area contributed by atoms with Gasteiger partial charge in [0.05, 0.1) is 27.2 Å². The fourth-order valence-corrected chi connectivity index (χ4v) is 2.11. The fraction of sp³-hybridized carbons (Fsp3) is 0.529. The summed E-state index contributed by atoms with van der Waals surface area (Å²) in [5, 5.41) is 2.37. The minimum atomic E-state index is 0.790. The number of likely N-dealkylation sites (N-methyl/N-ethyl adjacent to an activating group) is 1. The lowest BCUT2D eigenvalue weighted by molar-refractivity contribution is -0.874. The zero-order valence-electron chi connectivity index (χ0n) is 13.2. The molecule has 0 amide bonds. The van der Waals surface area contributed by atoms with E-state index >= 15 is 0 Å². The first-order chi connectivity index (χ1) is 9.63. The van der Waals surface area contributed by atoms with Gasteiger partial charge in [0.25, 0.3) is 0 Å². The number of nitrogens with one attached hydrogen (secondary N) is 1. The Kier molecular flexibility index (Phi) is 8.00. The molecule has 0 radical (unpaired) electrons. The third-order valence-corrected chi connectivity index (χ3v) is 3.24. The molecule has 0 heterocycles. The number of allylic oxidation sites excluding steroid dienone is 1. The normalized spacial score (nSPS) is 10.8. The number of hydrogen-bond acceptors (Lipinski definition) is 1. The van der Waals surface area contributed by atoms with Gasteiger partial charge < -0.3 is 15.0 Å². The van der Waals surface area contributed by atoms with Crippen molar-refractivity contribution in [2.24, 2.45) is 0 Å². The van der Waals surface area contributed by atoms with Crippen LogP contribution in [-0.4, -0.2) is 40.3 Å². The van der Waals surface area contributed by atoms with Crippen LogP contribution in [0, 0.1) is 6.92 Å². The quantitative estimate of drug-likeness (QED) is 0.465. The van der Waals surface area contributed by atoms with Crippen molar-refractivity contribution in [3.05, 3.63) is 42.0 Å². The van der Waals surface area contributed by atoms with Crippen LogP contribution in [0.1, 0.15) is 17.5 Å². The number of hydrogen-bond donors (Lipinski definition) is 2. The largest absolute Gasteiger partial charge is 0.493 e. The van der Waals surface area contributed by atoms with E-state index in [-0.39, 0.29) is 0 Å². The molecule has 1 aromatic rings. The number of nitrogens with two attached hydrogens (primary N) is 1. The molecular weight excluding hydrogens is 248 g/mol. The molecule has 3 nitrogen and oxygen atoms in total. The molecule has 1 aromatic carbocycles. The Morgan fingerprint density at radius 1 is 1.30 bits per heavy atom. The highest BCUT2D eigenvalue weighted by Gasteiger charge is 2.03. The molecule has 0 fully saturated rings. The molecular formula is C17H30N2O+2. The summed E-state index contributed by atoms with van der Waals surface area (Å²) in [6.07, 6.45) is 3.89. The van der Waals surface area contributed by atoms with Crippen LogP contribution in [0.5, 0.6) is 5.75 Å². The van der Waals surface area contributed by atoms with Gasteiger partial charge in [0, 0.05) is 6.42 Å². The number of ether oxygens (including phenoxy) is 1. The van der Waals surface area contributed by atoms with E-state index in [4.69, 9.17) is 4.74 Å². The van der Waals surface area contributed by atoms with Crippen LogP contribution in [0.15, 0.2) is 30.9 Å². The maximum absolute atomic E-state index is 5.90. The van der Waals surface area contributed by atoms with E-state index in [1.54, 1.807) is 0 Å². The van der Waals surface area contributed by atoms with E-state index in [1.807, 2.05) is 6.08 Å². The van der Waals surface area contributed by atoms with Gasteiger partial charge in [-0.25, -0.2) is 0 Å². The van der Waals surface area contributed by atoms with Gasteiger partial charge in [-0.15, -0.1) is 6.58 Å². The van der Waals surface area contributed by atoms with Crippen LogP contribution in [-0.2, 0) is 6.42 Å². The van der Waals surface area contributed by atoms with Crippen LogP contribution in [0.3, 0.4) is 0 Å². The van der Waals surface area contributed by atoms with Gasteiger partial charge in [-0.05, 0) is 25.0 Å². The first-order valence-electron chi connectivity index (χ1n) is 7.57. The lowest BCUT2D eigenvalue weighted by Crippen LogP contribution is -3.09. The fourth-order valence-electron chi connectivity index (χ4n) is 2.11. The standard InChI is InChI=1S/C17H28N2O/c1-5-7-16-14-15(2)8-9-17(16)20-13-6-10-18-11-12-19(3)4/h5,8-9,14,18H,1,6-7,10-13H2,2-4H3/p+2. The second kappa shape index (κ2) is 9.56. The molecule has 0 aliphatic carbocycles. The van der Waals surface area contributed by atoms with E-state index in [1.165, 1.54) is 29.1 Å². The van der Waals surface area contributed by atoms with Crippen molar-refractivity contribution in [1.82, 2.24) is 0 Å². The molecule has 0 saturated carbocycles. The van der Waals surface area contributed by atoms with E-state index in [2.05, 4.69) is 51.1 Å². The summed E-state index contributed by atoms with van der Waals surface area (Å²) in [7, 11) is 4.38. The van der Waals surface area contributed by atoms with Crippen molar-refractivity contribution in [2.75, 3.05) is 40.3 Å². The number of rotatable bonds is 10. The van der Waals surface area contributed by atoms with E-state index < -0.39 is 0 Å². The summed E-state index contributed by atoms with van der Waals surface area (Å²) in [4.78, 5) is 1.51. The molecule has 0 unspecified atom stereocenters. The highest BCUT2D eigenvalue weighted by Crippen LogP contribution is 2.20. The predicted molar refractivity (Wildman–Crippen MR) is 84.5 cm³/mol. The predicted octanol–water partition coefficient (Wildman–Crippen LogP) is 0.200. The van der Waals surface area contributed by atoms with Gasteiger partial charge in [0.1, 0.15) is 18.8 Å². The Hall–Kier alpha value is -1.32. The molecule has 0 spiro atoms.